The Morgan fingerprint density at radius 3 is 2.61 bits per heavy atom. The summed E-state index contributed by atoms with van der Waals surface area (Å²) >= 11 is 0. The summed E-state index contributed by atoms with van der Waals surface area (Å²) in [6.45, 7) is 2.64. The van der Waals surface area contributed by atoms with Crippen LogP contribution < -0.4 is 10.7 Å². The third-order valence-electron chi connectivity index (χ3n) is 5.52. The number of aryl methyl sites for hydroxylation is 2. The standard InChI is InChI=1S/C23H26N6O2/c1-16-10-12-18(13-11-16)15-24-27-22-25-20-19(21(30)26-23(31)28(20)2)29(22)14-6-9-17-7-4-3-5-8-17/h3-5,7-8,10-13,15,19-20H,6,9,14H2,1-2H3,(H,25,27)(H,26,30,31)/b24-15+. The maximum Gasteiger partial charge on any atom is 0.325 e. The van der Waals surface area contributed by atoms with Crippen molar-refractivity contribution in [2.45, 2.75) is 32.0 Å². The van der Waals surface area contributed by atoms with Gasteiger partial charge >= 0.3 is 6.03 Å². The predicted octanol–water partition coefficient (Wildman–Crippen LogP) is 2.10. The largest absolute Gasteiger partial charge is 0.326 e. The molecule has 31 heavy (non-hydrogen) atoms. The smallest absolute Gasteiger partial charge is 0.325 e. The van der Waals surface area contributed by atoms with Crippen molar-refractivity contribution in [3.05, 3.63) is 71.3 Å². The van der Waals surface area contributed by atoms with E-state index in [9.17, 15) is 9.59 Å². The minimum Gasteiger partial charge on any atom is -0.326 e. The van der Waals surface area contributed by atoms with Crippen LogP contribution in [0.15, 0.2) is 64.7 Å². The summed E-state index contributed by atoms with van der Waals surface area (Å²) in [4.78, 5) is 32.6. The maximum absolute atomic E-state index is 12.6. The summed E-state index contributed by atoms with van der Waals surface area (Å²) < 4.78 is 0. The third kappa shape index (κ3) is 4.58. The Hall–Kier alpha value is -3.68. The molecule has 3 amide bonds. The Balaban J connectivity index is 1.48. The van der Waals surface area contributed by atoms with Crippen molar-refractivity contribution in [1.29, 1.82) is 0 Å². The van der Waals surface area contributed by atoms with Gasteiger partial charge in [-0.1, -0.05) is 60.2 Å². The first-order chi connectivity index (χ1) is 15.0. The number of rotatable bonds is 6. The first-order valence-corrected chi connectivity index (χ1v) is 10.3. The average molecular weight is 419 g/mol. The van der Waals surface area contributed by atoms with Crippen LogP contribution >= 0.6 is 0 Å². The summed E-state index contributed by atoms with van der Waals surface area (Å²) in [5, 5.41) is 6.73. The number of likely N-dealkylation sites (N-methyl/N-ethyl adjacent to an activating group) is 1. The number of nitrogens with one attached hydrogen (secondary N) is 2. The Morgan fingerprint density at radius 2 is 1.87 bits per heavy atom. The van der Waals surface area contributed by atoms with E-state index in [4.69, 9.17) is 0 Å². The van der Waals surface area contributed by atoms with Gasteiger partial charge in [-0.05, 0) is 30.9 Å². The van der Waals surface area contributed by atoms with Gasteiger partial charge in [-0.3, -0.25) is 10.1 Å². The van der Waals surface area contributed by atoms with Crippen molar-refractivity contribution in [3.63, 3.8) is 0 Å². The van der Waals surface area contributed by atoms with Gasteiger partial charge in [0.15, 0.2) is 12.2 Å². The number of imide groups is 1. The fourth-order valence-electron chi connectivity index (χ4n) is 3.78. The highest BCUT2D eigenvalue weighted by Gasteiger charge is 2.48. The second kappa shape index (κ2) is 8.99. The Kier molecular flexibility index (Phi) is 5.97. The van der Waals surface area contributed by atoms with Crippen molar-refractivity contribution >= 4 is 24.1 Å². The molecular formula is C23H26N6O2. The van der Waals surface area contributed by atoms with Crippen LogP contribution in [0.5, 0.6) is 0 Å². The van der Waals surface area contributed by atoms with Crippen molar-refractivity contribution in [2.24, 2.45) is 10.1 Å². The van der Waals surface area contributed by atoms with Gasteiger partial charge in [-0.15, -0.1) is 0 Å². The molecule has 0 aliphatic carbocycles. The second-order valence-electron chi connectivity index (χ2n) is 7.78. The third-order valence-corrected chi connectivity index (χ3v) is 5.52. The van der Waals surface area contributed by atoms with Gasteiger partial charge in [0.1, 0.15) is 0 Å². The van der Waals surface area contributed by atoms with Crippen molar-refractivity contribution in [2.75, 3.05) is 13.6 Å². The molecule has 0 bridgehead atoms. The van der Waals surface area contributed by atoms with E-state index < -0.39 is 18.2 Å². The minimum absolute atomic E-state index is 0.337. The quantitative estimate of drug-likeness (QED) is 0.555. The van der Waals surface area contributed by atoms with Crippen molar-refractivity contribution < 1.29 is 9.59 Å². The number of nitrogens with zero attached hydrogens (tertiary/aromatic N) is 4. The predicted molar refractivity (Wildman–Crippen MR) is 120 cm³/mol. The zero-order valence-corrected chi connectivity index (χ0v) is 17.7. The highest BCUT2D eigenvalue weighted by atomic mass is 16.2. The lowest BCUT2D eigenvalue weighted by atomic mass is 10.1. The summed E-state index contributed by atoms with van der Waals surface area (Å²) in [5.74, 6) is 0.152. The molecule has 2 aromatic carbocycles. The van der Waals surface area contributed by atoms with Gasteiger partial charge in [0.05, 0.1) is 6.21 Å². The molecule has 2 N–H and O–H groups in total. The van der Waals surface area contributed by atoms with E-state index >= 15 is 0 Å². The number of urea groups is 1. The molecule has 8 heteroatoms. The van der Waals surface area contributed by atoms with E-state index in [0.717, 1.165) is 18.4 Å². The van der Waals surface area contributed by atoms with Gasteiger partial charge in [0, 0.05) is 13.6 Å². The van der Waals surface area contributed by atoms with Crippen molar-refractivity contribution in [1.82, 2.24) is 20.5 Å². The number of guanidine groups is 1. The number of fused-ring (bicyclic) bond motifs is 1. The number of amides is 3. The molecule has 0 spiro atoms. The topological polar surface area (TPSA) is 89.4 Å². The SMILES string of the molecule is Cc1ccc(/C=N/NC2=NC3C(C(=O)NC(=O)N3C)N2CCCc2ccccc2)cc1. The number of benzene rings is 2. The molecule has 8 nitrogen and oxygen atoms in total. The van der Waals surface area contributed by atoms with Crippen molar-refractivity contribution in [3.8, 4) is 0 Å². The lowest BCUT2D eigenvalue weighted by Gasteiger charge is -2.36. The van der Waals surface area contributed by atoms with Crippen LogP contribution in [0.3, 0.4) is 0 Å². The monoisotopic (exact) mass is 418 g/mol. The van der Waals surface area contributed by atoms with Crippen LogP contribution in [-0.2, 0) is 11.2 Å². The number of hydrogen-bond donors (Lipinski definition) is 2. The molecular weight excluding hydrogens is 392 g/mol. The van der Waals surface area contributed by atoms with E-state index in [1.165, 1.54) is 16.0 Å². The summed E-state index contributed by atoms with van der Waals surface area (Å²) in [6, 6.07) is 17.2. The minimum atomic E-state index is -0.574. The molecule has 1 saturated heterocycles. The van der Waals surface area contributed by atoms with E-state index in [0.29, 0.717) is 12.5 Å². The van der Waals surface area contributed by atoms with E-state index in [2.05, 4.69) is 33.0 Å². The maximum atomic E-state index is 12.6. The summed E-state index contributed by atoms with van der Waals surface area (Å²) in [6.07, 6.45) is 2.85. The Morgan fingerprint density at radius 1 is 1.13 bits per heavy atom. The summed E-state index contributed by atoms with van der Waals surface area (Å²) in [7, 11) is 1.64. The number of aliphatic imine (C=N–C) groups is 1. The zero-order chi connectivity index (χ0) is 21.8. The van der Waals surface area contributed by atoms with Crippen LogP contribution in [0.2, 0.25) is 0 Å². The molecule has 160 valence electrons. The van der Waals surface area contributed by atoms with Gasteiger partial charge in [-0.2, -0.15) is 5.10 Å². The van der Waals surface area contributed by atoms with E-state index in [-0.39, 0.29) is 5.91 Å². The van der Waals surface area contributed by atoms with Gasteiger partial charge < -0.3 is 9.80 Å². The molecule has 0 aromatic heterocycles. The lowest BCUT2D eigenvalue weighted by molar-refractivity contribution is -0.127. The highest BCUT2D eigenvalue weighted by molar-refractivity contribution is 6.03. The summed E-state index contributed by atoms with van der Waals surface area (Å²) in [5.41, 5.74) is 6.35. The van der Waals surface area contributed by atoms with E-state index in [1.54, 1.807) is 13.3 Å². The lowest BCUT2D eigenvalue weighted by Crippen LogP contribution is -2.64. The molecule has 2 aliphatic rings. The zero-order valence-electron chi connectivity index (χ0n) is 17.7. The van der Waals surface area contributed by atoms with Crippen LogP contribution in [0.1, 0.15) is 23.1 Å². The van der Waals surface area contributed by atoms with Gasteiger partial charge in [0.2, 0.25) is 5.96 Å². The molecule has 2 atom stereocenters. The molecule has 2 unspecified atom stereocenters. The van der Waals surface area contributed by atoms with E-state index in [1.807, 2.05) is 54.3 Å². The van der Waals surface area contributed by atoms with Crippen LogP contribution in [-0.4, -0.2) is 59.7 Å². The fraction of sp³-hybridized carbons (Fsp3) is 0.304. The number of hydrazone groups is 1. The number of hydrogen-bond acceptors (Lipinski definition) is 6. The van der Waals surface area contributed by atoms with Gasteiger partial charge in [-0.25, -0.2) is 15.2 Å². The highest BCUT2D eigenvalue weighted by Crippen LogP contribution is 2.23. The van der Waals surface area contributed by atoms with Crippen LogP contribution in [0, 0.1) is 6.92 Å². The van der Waals surface area contributed by atoms with Crippen LogP contribution in [0.25, 0.3) is 0 Å². The number of carbonyl (C=O) groups excluding carboxylic acids is 2. The molecule has 4 rings (SSSR count). The van der Waals surface area contributed by atoms with Crippen LogP contribution in [0.4, 0.5) is 4.79 Å². The first kappa shape index (κ1) is 20.6. The molecule has 0 saturated carbocycles. The second-order valence-corrected chi connectivity index (χ2v) is 7.78. The Labute approximate surface area is 181 Å². The fourth-order valence-corrected chi connectivity index (χ4v) is 3.78. The number of carbonyl (C=O) groups is 2. The molecule has 0 radical (unpaired) electrons. The molecule has 2 aromatic rings. The van der Waals surface area contributed by atoms with Gasteiger partial charge in [0.25, 0.3) is 5.91 Å². The Bertz CT molecular complexity index is 1000. The molecule has 2 aliphatic heterocycles. The molecule has 2 heterocycles. The first-order valence-electron chi connectivity index (χ1n) is 10.3. The average Bonchev–Trinajstić information content (AvgIpc) is 3.13. The normalized spacial score (nSPS) is 20.6. The molecule has 1 fully saturated rings.